The SMILES string of the molecule is O=C(O)c1c(Cl)nsc1-c1ccc(C(F)(F)F)cc1. The van der Waals surface area contributed by atoms with Gasteiger partial charge in [-0.2, -0.15) is 17.5 Å². The van der Waals surface area contributed by atoms with Gasteiger partial charge in [0, 0.05) is 0 Å². The lowest BCUT2D eigenvalue weighted by atomic mass is 10.1. The predicted octanol–water partition coefficient (Wildman–Crippen LogP) is 4.18. The first-order valence-electron chi connectivity index (χ1n) is 4.87. The van der Waals surface area contributed by atoms with E-state index in [1.54, 1.807) is 0 Å². The van der Waals surface area contributed by atoms with Gasteiger partial charge in [0.05, 0.1) is 10.4 Å². The molecule has 0 fully saturated rings. The molecule has 0 aliphatic carbocycles. The number of halogens is 4. The monoisotopic (exact) mass is 307 g/mol. The average Bonchev–Trinajstić information content (AvgIpc) is 2.70. The fraction of sp³-hybridized carbons (Fsp3) is 0.0909. The van der Waals surface area contributed by atoms with E-state index in [-0.39, 0.29) is 15.6 Å². The van der Waals surface area contributed by atoms with Crippen LogP contribution in [0.4, 0.5) is 13.2 Å². The van der Waals surface area contributed by atoms with Gasteiger partial charge >= 0.3 is 12.1 Å². The molecule has 100 valence electrons. The quantitative estimate of drug-likeness (QED) is 0.905. The van der Waals surface area contributed by atoms with Gasteiger partial charge in [0.2, 0.25) is 0 Å². The van der Waals surface area contributed by atoms with Crippen LogP contribution in [0.25, 0.3) is 10.4 Å². The van der Waals surface area contributed by atoms with Crippen molar-refractivity contribution >= 4 is 29.1 Å². The molecular formula is C11H5ClF3NO2S. The maximum Gasteiger partial charge on any atom is 0.416 e. The van der Waals surface area contributed by atoms with Crippen molar-refractivity contribution < 1.29 is 23.1 Å². The molecule has 0 unspecified atom stereocenters. The maximum absolute atomic E-state index is 12.4. The van der Waals surface area contributed by atoms with Gasteiger partial charge in [0.25, 0.3) is 0 Å². The van der Waals surface area contributed by atoms with Crippen LogP contribution in [0.2, 0.25) is 5.15 Å². The molecule has 1 aromatic heterocycles. The second-order valence-corrected chi connectivity index (χ2v) is 4.69. The topological polar surface area (TPSA) is 50.2 Å². The number of aromatic carboxylic acids is 1. The summed E-state index contributed by atoms with van der Waals surface area (Å²) in [6.07, 6.45) is -4.43. The van der Waals surface area contributed by atoms with Crippen LogP contribution in [-0.4, -0.2) is 15.4 Å². The summed E-state index contributed by atoms with van der Waals surface area (Å²) in [6, 6.07) is 4.15. The fourth-order valence-electron chi connectivity index (χ4n) is 1.46. The van der Waals surface area contributed by atoms with Crippen molar-refractivity contribution in [3.63, 3.8) is 0 Å². The molecule has 0 spiro atoms. The van der Waals surface area contributed by atoms with Crippen molar-refractivity contribution in [3.8, 4) is 10.4 Å². The molecule has 19 heavy (non-hydrogen) atoms. The highest BCUT2D eigenvalue weighted by Gasteiger charge is 2.30. The number of benzene rings is 1. The normalized spacial score (nSPS) is 11.6. The van der Waals surface area contributed by atoms with Crippen LogP contribution in [0, 0.1) is 0 Å². The van der Waals surface area contributed by atoms with Crippen LogP contribution in [-0.2, 0) is 6.18 Å². The minimum atomic E-state index is -4.43. The molecule has 1 heterocycles. The van der Waals surface area contributed by atoms with Gasteiger partial charge < -0.3 is 5.11 Å². The summed E-state index contributed by atoms with van der Waals surface area (Å²) in [4.78, 5) is 11.2. The Morgan fingerprint density at radius 1 is 1.26 bits per heavy atom. The van der Waals surface area contributed by atoms with Gasteiger partial charge in [-0.25, -0.2) is 4.79 Å². The van der Waals surface area contributed by atoms with E-state index in [1.807, 2.05) is 0 Å². The number of carboxylic acid groups (broad SMARTS) is 1. The van der Waals surface area contributed by atoms with Crippen molar-refractivity contribution in [1.82, 2.24) is 4.37 Å². The zero-order valence-electron chi connectivity index (χ0n) is 9.03. The Morgan fingerprint density at radius 3 is 2.32 bits per heavy atom. The van der Waals surface area contributed by atoms with Crippen molar-refractivity contribution in [3.05, 3.63) is 40.5 Å². The van der Waals surface area contributed by atoms with Crippen LogP contribution in [0.15, 0.2) is 24.3 Å². The van der Waals surface area contributed by atoms with E-state index in [0.29, 0.717) is 5.56 Å². The summed E-state index contributed by atoms with van der Waals surface area (Å²) < 4.78 is 40.9. The molecule has 0 atom stereocenters. The largest absolute Gasteiger partial charge is 0.478 e. The molecule has 0 saturated heterocycles. The molecule has 0 amide bonds. The van der Waals surface area contributed by atoms with E-state index in [0.717, 1.165) is 23.7 Å². The molecular weight excluding hydrogens is 303 g/mol. The minimum absolute atomic E-state index is 0.174. The van der Waals surface area contributed by atoms with Crippen molar-refractivity contribution in [2.75, 3.05) is 0 Å². The van der Waals surface area contributed by atoms with Crippen LogP contribution >= 0.6 is 23.1 Å². The number of carbonyl (C=O) groups is 1. The Morgan fingerprint density at radius 2 is 1.84 bits per heavy atom. The van der Waals surface area contributed by atoms with Gasteiger partial charge in [-0.05, 0) is 29.2 Å². The minimum Gasteiger partial charge on any atom is -0.478 e. The first-order chi connectivity index (χ1) is 8.80. The van der Waals surface area contributed by atoms with Crippen LogP contribution < -0.4 is 0 Å². The molecule has 2 aromatic rings. The molecule has 0 radical (unpaired) electrons. The molecule has 1 N–H and O–H groups in total. The lowest BCUT2D eigenvalue weighted by Crippen LogP contribution is -2.04. The second-order valence-electron chi connectivity index (χ2n) is 3.56. The van der Waals surface area contributed by atoms with Crippen molar-refractivity contribution in [1.29, 1.82) is 0 Å². The molecule has 2 rings (SSSR count). The Kier molecular flexibility index (Phi) is 3.51. The van der Waals surface area contributed by atoms with Gasteiger partial charge in [-0.3, -0.25) is 0 Å². The number of hydrogen-bond acceptors (Lipinski definition) is 3. The zero-order valence-corrected chi connectivity index (χ0v) is 10.6. The molecule has 0 saturated carbocycles. The summed E-state index contributed by atoms with van der Waals surface area (Å²) in [6.45, 7) is 0. The van der Waals surface area contributed by atoms with E-state index in [9.17, 15) is 18.0 Å². The number of hydrogen-bond donors (Lipinski definition) is 1. The molecule has 3 nitrogen and oxygen atoms in total. The third-order valence-corrected chi connectivity index (χ3v) is 3.61. The van der Waals surface area contributed by atoms with Gasteiger partial charge in [0.15, 0.2) is 5.15 Å². The van der Waals surface area contributed by atoms with Crippen LogP contribution in [0.1, 0.15) is 15.9 Å². The second kappa shape index (κ2) is 4.82. The standard InChI is InChI=1S/C11H5ClF3NO2S/c12-9-7(10(17)18)8(19-16-9)5-1-3-6(4-2-5)11(13,14)15/h1-4H,(H,17,18). The smallest absolute Gasteiger partial charge is 0.416 e. The van der Waals surface area contributed by atoms with Gasteiger partial charge in [0.1, 0.15) is 5.56 Å². The lowest BCUT2D eigenvalue weighted by Gasteiger charge is -2.07. The molecule has 8 heteroatoms. The number of carboxylic acids is 1. The van der Waals surface area contributed by atoms with Crippen molar-refractivity contribution in [2.45, 2.75) is 6.18 Å². The summed E-state index contributed by atoms with van der Waals surface area (Å²) in [5.74, 6) is -1.27. The number of nitrogens with zero attached hydrogens (tertiary/aromatic N) is 1. The zero-order chi connectivity index (χ0) is 14.2. The third kappa shape index (κ3) is 2.71. The Hall–Kier alpha value is -1.60. The molecule has 0 aliphatic rings. The fourth-order valence-corrected chi connectivity index (χ4v) is 2.58. The predicted molar refractivity (Wildman–Crippen MR) is 64.5 cm³/mol. The summed E-state index contributed by atoms with van der Waals surface area (Å²) >= 11 is 6.46. The average molecular weight is 308 g/mol. The number of aromatic nitrogens is 1. The first-order valence-corrected chi connectivity index (χ1v) is 6.02. The van der Waals surface area contributed by atoms with Gasteiger partial charge in [-0.1, -0.05) is 23.7 Å². The Balaban J connectivity index is 2.46. The highest BCUT2D eigenvalue weighted by molar-refractivity contribution is 7.10. The summed E-state index contributed by atoms with van der Waals surface area (Å²) in [7, 11) is 0. The van der Waals surface area contributed by atoms with E-state index < -0.39 is 17.7 Å². The third-order valence-electron chi connectivity index (χ3n) is 2.34. The van der Waals surface area contributed by atoms with Crippen LogP contribution in [0.5, 0.6) is 0 Å². The van der Waals surface area contributed by atoms with E-state index in [1.165, 1.54) is 12.1 Å². The summed E-state index contributed by atoms with van der Waals surface area (Å²) in [5.41, 5.74) is -0.676. The van der Waals surface area contributed by atoms with E-state index in [4.69, 9.17) is 16.7 Å². The molecule has 0 aliphatic heterocycles. The lowest BCUT2D eigenvalue weighted by molar-refractivity contribution is -0.137. The van der Waals surface area contributed by atoms with E-state index >= 15 is 0 Å². The number of rotatable bonds is 2. The highest BCUT2D eigenvalue weighted by atomic mass is 35.5. The van der Waals surface area contributed by atoms with Crippen molar-refractivity contribution in [2.24, 2.45) is 0 Å². The maximum atomic E-state index is 12.4. The van der Waals surface area contributed by atoms with E-state index in [2.05, 4.69) is 4.37 Å². The van der Waals surface area contributed by atoms with Gasteiger partial charge in [-0.15, -0.1) is 0 Å². The summed E-state index contributed by atoms with van der Waals surface area (Å²) in [5, 5.41) is 8.81. The Labute approximate surface area is 114 Å². The molecule has 0 bridgehead atoms. The molecule has 1 aromatic carbocycles. The Bertz CT molecular complexity index is 622. The number of alkyl halides is 3. The van der Waals surface area contributed by atoms with Crippen LogP contribution in [0.3, 0.4) is 0 Å². The highest BCUT2D eigenvalue weighted by Crippen LogP contribution is 2.35. The first kappa shape index (κ1) is 13.8.